The molecule has 2 nitrogen and oxygen atoms in total. The highest BCUT2D eigenvalue weighted by Gasteiger charge is 2.73. The monoisotopic (exact) mass is 329 g/mol. The summed E-state index contributed by atoms with van der Waals surface area (Å²) in [6, 6.07) is 4.47. The van der Waals surface area contributed by atoms with Crippen LogP contribution in [0.1, 0.15) is 58.1 Å². The Morgan fingerprint density at radius 3 is 2.65 bits per heavy atom. The number of aryl methyl sites for hydroxylation is 1. The highest BCUT2D eigenvalue weighted by molar-refractivity contribution is 7.27. The minimum atomic E-state index is 0.0250. The van der Waals surface area contributed by atoms with Crippen LogP contribution in [0.4, 0.5) is 0 Å². The molecule has 0 bridgehead atoms. The van der Waals surface area contributed by atoms with E-state index < -0.39 is 0 Å². The van der Waals surface area contributed by atoms with Gasteiger partial charge in [0.2, 0.25) is 0 Å². The molecular formula is C20H28NOP. The molecule has 6 atom stereocenters. The summed E-state index contributed by atoms with van der Waals surface area (Å²) in [5, 5.41) is 9.85. The third kappa shape index (κ3) is 1.57. The fourth-order valence-corrected chi connectivity index (χ4v) is 6.28. The molecule has 0 saturated heterocycles. The van der Waals surface area contributed by atoms with Crippen LogP contribution in [0, 0.1) is 22.7 Å². The number of nitrogens with one attached hydrogen (secondary N) is 1. The topological polar surface area (TPSA) is 33.1 Å². The van der Waals surface area contributed by atoms with E-state index >= 15 is 0 Å². The molecular weight excluding hydrogens is 301 g/mol. The fraction of sp³-hybridized carbons (Fsp3) is 0.650. The van der Waals surface area contributed by atoms with E-state index in [0.717, 1.165) is 37.1 Å². The van der Waals surface area contributed by atoms with Gasteiger partial charge in [0.15, 0.2) is 0 Å². The molecule has 1 aromatic rings. The maximum absolute atomic E-state index is 8.67. The Balaban J connectivity index is 2.01. The highest BCUT2D eigenvalue weighted by atomic mass is 31.0. The Labute approximate surface area is 142 Å². The van der Waals surface area contributed by atoms with Gasteiger partial charge in [-0.15, -0.1) is 9.24 Å². The van der Waals surface area contributed by atoms with Crippen LogP contribution >= 0.6 is 9.24 Å². The highest BCUT2D eigenvalue weighted by Crippen LogP contribution is 2.71. The number of hydrogen-bond donors (Lipinski definition) is 1. The molecule has 124 valence electrons. The average molecular weight is 329 g/mol. The van der Waals surface area contributed by atoms with E-state index in [1.165, 1.54) is 16.4 Å². The van der Waals surface area contributed by atoms with E-state index in [1.54, 1.807) is 0 Å². The van der Waals surface area contributed by atoms with Gasteiger partial charge in [-0.1, -0.05) is 39.8 Å². The van der Waals surface area contributed by atoms with Crippen LogP contribution in [-0.4, -0.2) is 11.8 Å². The summed E-state index contributed by atoms with van der Waals surface area (Å²) in [5.41, 5.74) is 3.93. The largest absolute Gasteiger partial charge is 0.488 e. The van der Waals surface area contributed by atoms with Crippen molar-refractivity contribution >= 4 is 20.3 Å². The second kappa shape index (κ2) is 4.82. The van der Waals surface area contributed by atoms with E-state index in [4.69, 9.17) is 10.1 Å². The summed E-state index contributed by atoms with van der Waals surface area (Å²) in [6.45, 7) is 9.24. The normalized spacial score (nSPS) is 40.7. The van der Waals surface area contributed by atoms with Crippen molar-refractivity contribution in [2.45, 2.75) is 64.9 Å². The van der Waals surface area contributed by atoms with Gasteiger partial charge in [0.1, 0.15) is 11.9 Å². The molecule has 0 aromatic heterocycles. The minimum absolute atomic E-state index is 0.0250. The Morgan fingerprint density at radius 1 is 1.30 bits per heavy atom. The number of hydrogen-bond acceptors (Lipinski definition) is 2. The molecule has 2 aliphatic carbocycles. The molecule has 0 radical (unpaired) electrons. The Morgan fingerprint density at radius 2 is 2.04 bits per heavy atom. The molecule has 3 unspecified atom stereocenters. The van der Waals surface area contributed by atoms with Gasteiger partial charge in [0.25, 0.3) is 0 Å². The first kappa shape index (κ1) is 15.6. The summed E-state index contributed by atoms with van der Waals surface area (Å²) < 4.78 is 6.65. The molecule has 1 heterocycles. The van der Waals surface area contributed by atoms with Crippen molar-refractivity contribution in [2.24, 2.45) is 17.3 Å². The average Bonchev–Trinajstić information content (AvgIpc) is 2.90. The zero-order valence-corrected chi connectivity index (χ0v) is 15.9. The van der Waals surface area contributed by atoms with E-state index in [0.29, 0.717) is 11.8 Å². The number of rotatable bonds is 2. The van der Waals surface area contributed by atoms with Gasteiger partial charge in [-0.25, -0.2) is 0 Å². The predicted molar refractivity (Wildman–Crippen MR) is 99.3 cm³/mol. The standard InChI is InChI=1S/C20H28NOP/c1-5-13-7-8-14(23)17-16(13)20-10-15(21)19(20,6-2)9-11(3)12(4)18(20)22-17/h7-8,11-12,18,21H,5-6,9-10,23H2,1-4H3/t11-,12?,18-,19+,20?/m0/s1. The maximum Gasteiger partial charge on any atom is 0.131 e. The third-order valence-electron chi connectivity index (χ3n) is 7.37. The Bertz CT molecular complexity index is 699. The lowest BCUT2D eigenvalue weighted by Crippen LogP contribution is -2.71. The second-order valence-corrected chi connectivity index (χ2v) is 8.63. The van der Waals surface area contributed by atoms with Gasteiger partial charge in [-0.2, -0.15) is 0 Å². The van der Waals surface area contributed by atoms with Crippen LogP contribution < -0.4 is 10.0 Å². The SMILES string of the molecule is CCc1ccc(P)c2c1C13CC(=N)[C@@]1(CC)C[C@H](C)C(C)[C@@H]3O2. The lowest BCUT2D eigenvalue weighted by atomic mass is 9.37. The summed E-state index contributed by atoms with van der Waals surface area (Å²) in [7, 11) is 2.87. The summed E-state index contributed by atoms with van der Waals surface area (Å²) >= 11 is 0. The van der Waals surface area contributed by atoms with Crippen LogP contribution in [0.25, 0.3) is 0 Å². The van der Waals surface area contributed by atoms with Crippen LogP contribution in [0.5, 0.6) is 5.75 Å². The van der Waals surface area contributed by atoms with Gasteiger partial charge in [0, 0.05) is 22.0 Å². The smallest absolute Gasteiger partial charge is 0.131 e. The fourth-order valence-electron chi connectivity index (χ4n) is 5.97. The van der Waals surface area contributed by atoms with Crippen molar-refractivity contribution < 1.29 is 4.74 Å². The van der Waals surface area contributed by atoms with E-state index in [-0.39, 0.29) is 16.9 Å². The number of benzene rings is 1. The van der Waals surface area contributed by atoms with Gasteiger partial charge >= 0.3 is 0 Å². The van der Waals surface area contributed by atoms with Crippen LogP contribution in [0.3, 0.4) is 0 Å². The molecule has 1 aromatic carbocycles. The second-order valence-electron chi connectivity index (χ2n) is 8.01. The van der Waals surface area contributed by atoms with Crippen molar-refractivity contribution in [3.05, 3.63) is 23.3 Å². The van der Waals surface area contributed by atoms with E-state index in [1.807, 2.05) is 0 Å². The molecule has 1 spiro atoms. The first-order valence-electron chi connectivity index (χ1n) is 9.09. The van der Waals surface area contributed by atoms with Crippen molar-refractivity contribution in [3.8, 4) is 5.75 Å². The minimum Gasteiger partial charge on any atom is -0.488 e. The molecule has 1 aliphatic heterocycles. The summed E-state index contributed by atoms with van der Waals surface area (Å²) in [5.74, 6) is 2.27. The molecule has 23 heavy (non-hydrogen) atoms. The quantitative estimate of drug-likeness (QED) is 0.809. The summed E-state index contributed by atoms with van der Waals surface area (Å²) in [6.07, 6.45) is 4.39. The predicted octanol–water partition coefficient (Wildman–Crippen LogP) is 4.24. The number of fused-ring (bicyclic) bond motifs is 1. The first-order chi connectivity index (χ1) is 10.9. The summed E-state index contributed by atoms with van der Waals surface area (Å²) in [4.78, 5) is 0. The van der Waals surface area contributed by atoms with Crippen molar-refractivity contribution in [1.82, 2.24) is 0 Å². The zero-order chi connectivity index (χ0) is 16.6. The van der Waals surface area contributed by atoms with Crippen molar-refractivity contribution in [2.75, 3.05) is 0 Å². The molecule has 0 amide bonds. The lowest BCUT2D eigenvalue weighted by Gasteiger charge is -2.65. The molecule has 3 heteroatoms. The van der Waals surface area contributed by atoms with Gasteiger partial charge in [-0.3, -0.25) is 0 Å². The van der Waals surface area contributed by atoms with Crippen LogP contribution in [0.15, 0.2) is 12.1 Å². The van der Waals surface area contributed by atoms with Crippen molar-refractivity contribution in [3.63, 3.8) is 0 Å². The third-order valence-corrected chi connectivity index (χ3v) is 7.82. The van der Waals surface area contributed by atoms with Gasteiger partial charge in [0.05, 0.1) is 5.41 Å². The van der Waals surface area contributed by atoms with E-state index in [9.17, 15) is 0 Å². The zero-order valence-electron chi connectivity index (χ0n) is 14.7. The Kier molecular flexibility index (Phi) is 3.28. The van der Waals surface area contributed by atoms with Crippen LogP contribution in [-0.2, 0) is 11.8 Å². The van der Waals surface area contributed by atoms with Crippen LogP contribution in [0.2, 0.25) is 0 Å². The number of ether oxygens (including phenoxy) is 1. The first-order valence-corrected chi connectivity index (χ1v) is 9.67. The lowest BCUT2D eigenvalue weighted by molar-refractivity contribution is -0.0691. The molecule has 2 fully saturated rings. The maximum atomic E-state index is 8.67. The Hall–Kier alpha value is -0.880. The molecule has 3 aliphatic rings. The molecule has 2 saturated carbocycles. The van der Waals surface area contributed by atoms with Gasteiger partial charge < -0.3 is 10.1 Å². The van der Waals surface area contributed by atoms with Gasteiger partial charge in [-0.05, 0) is 43.1 Å². The van der Waals surface area contributed by atoms with E-state index in [2.05, 4.69) is 49.1 Å². The van der Waals surface area contributed by atoms with Crippen molar-refractivity contribution in [1.29, 1.82) is 5.41 Å². The molecule has 4 rings (SSSR count). The molecule has 1 N–H and O–H groups in total.